The Morgan fingerprint density at radius 3 is 2.48 bits per heavy atom. The summed E-state index contributed by atoms with van der Waals surface area (Å²) >= 11 is 1.18. The molecule has 2 aromatic heterocycles. The number of aryl methyl sites for hydroxylation is 1. The standard InChI is InChI=1S/C19H25FN4O5S2/c1-10-14(24-17(21-10)30-16(22-24)19(4,5)26)11-7-12(20)15(29-6)13(8-11)31(27,28)23-18(2,3)9-25/h7-8,23,25-26H,9H2,1-6H3. The van der Waals surface area contributed by atoms with Gasteiger partial charge in [-0.2, -0.15) is 5.10 Å². The van der Waals surface area contributed by atoms with Crippen molar-refractivity contribution >= 4 is 26.3 Å². The zero-order chi connectivity index (χ0) is 23.4. The van der Waals surface area contributed by atoms with Crippen LogP contribution in [0.25, 0.3) is 16.2 Å². The van der Waals surface area contributed by atoms with E-state index < -0.39 is 44.2 Å². The molecule has 2 heterocycles. The van der Waals surface area contributed by atoms with E-state index in [1.54, 1.807) is 20.8 Å². The van der Waals surface area contributed by atoms with Crippen LogP contribution in [0.4, 0.5) is 4.39 Å². The number of fused-ring (bicyclic) bond motifs is 1. The molecule has 3 N–H and O–H groups in total. The number of sulfonamides is 1. The Morgan fingerprint density at radius 1 is 1.29 bits per heavy atom. The number of aliphatic hydroxyl groups excluding tert-OH is 1. The Hall–Kier alpha value is -2.12. The molecule has 0 spiro atoms. The quantitative estimate of drug-likeness (QED) is 0.481. The van der Waals surface area contributed by atoms with E-state index in [0.717, 1.165) is 6.07 Å². The maximum atomic E-state index is 14.9. The first-order chi connectivity index (χ1) is 14.2. The summed E-state index contributed by atoms with van der Waals surface area (Å²) in [5.41, 5.74) is -1.25. The Balaban J connectivity index is 2.25. The van der Waals surface area contributed by atoms with Gasteiger partial charge in [0.05, 0.1) is 30.6 Å². The van der Waals surface area contributed by atoms with Crippen LogP contribution in [0.15, 0.2) is 17.0 Å². The minimum Gasteiger partial charge on any atom is -0.492 e. The molecule has 0 fully saturated rings. The van der Waals surface area contributed by atoms with Gasteiger partial charge < -0.3 is 14.9 Å². The van der Waals surface area contributed by atoms with E-state index in [9.17, 15) is 23.0 Å². The number of aromatic nitrogens is 3. The fourth-order valence-electron chi connectivity index (χ4n) is 2.98. The molecular weight excluding hydrogens is 447 g/mol. The second-order valence-corrected chi connectivity index (χ2v) is 11.0. The van der Waals surface area contributed by atoms with E-state index in [4.69, 9.17) is 4.74 Å². The van der Waals surface area contributed by atoms with Gasteiger partial charge >= 0.3 is 0 Å². The van der Waals surface area contributed by atoms with Gasteiger partial charge in [-0.1, -0.05) is 11.3 Å². The molecule has 170 valence electrons. The van der Waals surface area contributed by atoms with Crippen LogP contribution in [-0.4, -0.2) is 52.5 Å². The first-order valence-corrected chi connectivity index (χ1v) is 11.6. The highest BCUT2D eigenvalue weighted by molar-refractivity contribution is 7.89. The van der Waals surface area contributed by atoms with E-state index in [-0.39, 0.29) is 5.56 Å². The number of hydrogen-bond donors (Lipinski definition) is 3. The van der Waals surface area contributed by atoms with Gasteiger partial charge in [-0.05, 0) is 46.8 Å². The van der Waals surface area contributed by atoms with E-state index >= 15 is 0 Å². The molecule has 0 saturated carbocycles. The molecule has 0 aliphatic rings. The van der Waals surface area contributed by atoms with Gasteiger partial charge in [-0.15, -0.1) is 0 Å². The number of nitrogens with zero attached hydrogens (tertiary/aromatic N) is 3. The lowest BCUT2D eigenvalue weighted by atomic mass is 10.1. The molecule has 0 bridgehead atoms. The number of halogens is 1. The largest absolute Gasteiger partial charge is 0.492 e. The van der Waals surface area contributed by atoms with Gasteiger partial charge in [0.2, 0.25) is 15.0 Å². The van der Waals surface area contributed by atoms with E-state index in [0.29, 0.717) is 21.4 Å². The summed E-state index contributed by atoms with van der Waals surface area (Å²) in [4.78, 5) is 4.48. The highest BCUT2D eigenvalue weighted by atomic mass is 32.2. The Kier molecular flexibility index (Phi) is 5.91. The molecule has 0 unspecified atom stereocenters. The van der Waals surface area contributed by atoms with Crippen molar-refractivity contribution in [3.05, 3.63) is 28.7 Å². The first-order valence-electron chi connectivity index (χ1n) is 9.32. The molecule has 9 nitrogen and oxygen atoms in total. The average Bonchev–Trinajstić information content (AvgIpc) is 3.16. The number of nitrogens with one attached hydrogen (secondary N) is 1. The zero-order valence-corrected chi connectivity index (χ0v) is 19.7. The highest BCUT2D eigenvalue weighted by Gasteiger charge is 2.31. The predicted molar refractivity (Wildman–Crippen MR) is 114 cm³/mol. The number of methoxy groups -OCH3 is 1. The van der Waals surface area contributed by atoms with Crippen LogP contribution in [0.2, 0.25) is 0 Å². The van der Waals surface area contributed by atoms with Crippen LogP contribution in [0.5, 0.6) is 5.75 Å². The number of ether oxygens (including phenoxy) is 1. The number of aliphatic hydroxyl groups is 2. The van der Waals surface area contributed by atoms with Crippen molar-refractivity contribution in [3.8, 4) is 17.0 Å². The van der Waals surface area contributed by atoms with Crippen molar-refractivity contribution < 1.29 is 27.8 Å². The zero-order valence-electron chi connectivity index (χ0n) is 18.0. The molecule has 0 aliphatic heterocycles. The molecule has 31 heavy (non-hydrogen) atoms. The molecule has 0 aliphatic carbocycles. The van der Waals surface area contributed by atoms with Crippen LogP contribution < -0.4 is 9.46 Å². The minimum absolute atomic E-state index is 0.220. The SMILES string of the molecule is COc1c(F)cc(-c2c(C)nc3sc(C(C)(C)O)nn23)cc1S(=O)(=O)NC(C)(C)CO. The number of imidazole rings is 1. The smallest absolute Gasteiger partial charge is 0.244 e. The summed E-state index contributed by atoms with van der Waals surface area (Å²) in [5.74, 6) is -1.33. The summed E-state index contributed by atoms with van der Waals surface area (Å²) in [5, 5.41) is 24.5. The highest BCUT2D eigenvalue weighted by Crippen LogP contribution is 2.36. The van der Waals surface area contributed by atoms with Crippen molar-refractivity contribution in [3.63, 3.8) is 0 Å². The Bertz CT molecular complexity index is 1240. The van der Waals surface area contributed by atoms with Crippen molar-refractivity contribution in [1.29, 1.82) is 0 Å². The van der Waals surface area contributed by atoms with Gasteiger partial charge in [-0.3, -0.25) is 0 Å². The summed E-state index contributed by atoms with van der Waals surface area (Å²) in [7, 11) is -3.08. The Labute approximate surface area is 183 Å². The summed E-state index contributed by atoms with van der Waals surface area (Å²) in [6.45, 7) is 7.40. The third-order valence-electron chi connectivity index (χ3n) is 4.48. The molecular formula is C19H25FN4O5S2. The molecule has 3 aromatic rings. The van der Waals surface area contributed by atoms with E-state index in [1.165, 1.54) is 42.9 Å². The summed E-state index contributed by atoms with van der Waals surface area (Å²) in [6, 6.07) is 2.42. The van der Waals surface area contributed by atoms with Crippen molar-refractivity contribution in [2.24, 2.45) is 0 Å². The number of rotatable bonds is 7. The minimum atomic E-state index is -4.26. The lowest BCUT2D eigenvalue weighted by Gasteiger charge is -2.24. The van der Waals surface area contributed by atoms with Gasteiger partial charge in [-0.25, -0.2) is 27.0 Å². The second-order valence-electron chi connectivity index (χ2n) is 8.34. The maximum Gasteiger partial charge on any atom is 0.244 e. The van der Waals surface area contributed by atoms with Crippen LogP contribution in [-0.2, 0) is 15.6 Å². The molecule has 0 radical (unpaired) electrons. The summed E-state index contributed by atoms with van der Waals surface area (Å²) in [6.07, 6.45) is 0. The molecule has 0 saturated heterocycles. The first kappa shape index (κ1) is 23.5. The average molecular weight is 473 g/mol. The van der Waals surface area contributed by atoms with Crippen molar-refractivity contribution in [2.75, 3.05) is 13.7 Å². The third-order valence-corrected chi connectivity index (χ3v) is 7.41. The lowest BCUT2D eigenvalue weighted by molar-refractivity contribution is 0.0773. The number of hydrogen-bond acceptors (Lipinski definition) is 8. The lowest BCUT2D eigenvalue weighted by Crippen LogP contribution is -2.46. The van der Waals surface area contributed by atoms with Crippen molar-refractivity contribution in [1.82, 2.24) is 19.3 Å². The Morgan fingerprint density at radius 2 is 1.94 bits per heavy atom. The van der Waals surface area contributed by atoms with Crippen LogP contribution in [0, 0.1) is 12.7 Å². The van der Waals surface area contributed by atoms with E-state index in [1.807, 2.05) is 0 Å². The normalized spacial score (nSPS) is 13.2. The second kappa shape index (κ2) is 7.78. The number of benzene rings is 1. The molecule has 3 rings (SSSR count). The monoisotopic (exact) mass is 472 g/mol. The van der Waals surface area contributed by atoms with Crippen LogP contribution >= 0.6 is 11.3 Å². The van der Waals surface area contributed by atoms with Gasteiger partial charge in [0.1, 0.15) is 15.5 Å². The van der Waals surface area contributed by atoms with Crippen molar-refractivity contribution in [2.45, 2.75) is 50.7 Å². The molecule has 0 atom stereocenters. The van der Waals surface area contributed by atoms with Crippen LogP contribution in [0.1, 0.15) is 38.4 Å². The molecule has 0 amide bonds. The summed E-state index contributed by atoms with van der Waals surface area (Å²) < 4.78 is 49.8. The van der Waals surface area contributed by atoms with Crippen LogP contribution in [0.3, 0.4) is 0 Å². The maximum absolute atomic E-state index is 14.9. The van der Waals surface area contributed by atoms with Gasteiger partial charge in [0.25, 0.3) is 0 Å². The molecule has 1 aromatic carbocycles. The topological polar surface area (TPSA) is 126 Å². The fraction of sp³-hybridized carbons (Fsp3) is 0.474. The third kappa shape index (κ3) is 4.44. The predicted octanol–water partition coefficient (Wildman–Crippen LogP) is 2.19. The van der Waals surface area contributed by atoms with E-state index in [2.05, 4.69) is 14.8 Å². The van der Waals surface area contributed by atoms with Gasteiger partial charge in [0.15, 0.2) is 11.6 Å². The van der Waals surface area contributed by atoms with Gasteiger partial charge in [0, 0.05) is 5.56 Å². The fourth-order valence-corrected chi connectivity index (χ4v) is 5.54. The molecule has 12 heteroatoms.